The minimum Gasteiger partial charge on any atom is -0.465 e. The molecule has 0 aliphatic heterocycles. The van der Waals surface area contributed by atoms with Gasteiger partial charge in [0.1, 0.15) is 0 Å². The molecule has 4 aliphatic carbocycles. The number of ketones is 2. The van der Waals surface area contributed by atoms with Gasteiger partial charge < -0.3 is 9.47 Å². The third kappa shape index (κ3) is 5.33. The topological polar surface area (TPSA) is 90.0 Å². The molecule has 0 radical (unpaired) electrons. The van der Waals surface area contributed by atoms with Crippen LogP contribution in [0.4, 0.5) is 0 Å². The second kappa shape index (κ2) is 11.8. The van der Waals surface area contributed by atoms with Gasteiger partial charge in [0.15, 0.2) is 11.6 Å². The summed E-state index contributed by atoms with van der Waals surface area (Å²) < 4.78 is 9.84. The highest BCUT2D eigenvalue weighted by Gasteiger charge is 2.28. The number of esters is 2. The van der Waals surface area contributed by atoms with Gasteiger partial charge in [-0.05, 0) is 47.4 Å². The Morgan fingerprint density at radius 2 is 0.974 bits per heavy atom. The Kier molecular flexibility index (Phi) is 8.28. The molecular weight excluding hydrogens is 482 g/mol. The van der Waals surface area contributed by atoms with Crippen molar-refractivity contribution >= 4 is 23.5 Å². The van der Waals surface area contributed by atoms with Gasteiger partial charge in [0.05, 0.1) is 38.4 Å². The first-order valence-corrected chi connectivity index (χ1v) is 12.4. The normalized spacial score (nSPS) is 11.1. The van der Waals surface area contributed by atoms with Crippen LogP contribution in [0.3, 0.4) is 0 Å². The summed E-state index contributed by atoms with van der Waals surface area (Å²) in [6, 6.07) is 21.2. The molecule has 0 spiro atoms. The fourth-order valence-electron chi connectivity index (χ4n) is 4.76. The average molecular weight is 512 g/mol. The van der Waals surface area contributed by atoms with Gasteiger partial charge in [-0.15, -0.1) is 0 Å². The highest BCUT2D eigenvalue weighted by molar-refractivity contribution is 6.12. The number of Topliss-reactive ketones (excluding diaryl/α,β-unsaturated/α-hetero) is 2. The van der Waals surface area contributed by atoms with E-state index in [4.69, 9.17) is 9.47 Å². The van der Waals surface area contributed by atoms with Gasteiger partial charge in [0.25, 0.3) is 0 Å². The summed E-state index contributed by atoms with van der Waals surface area (Å²) in [6.07, 6.45) is 0.731. The van der Waals surface area contributed by atoms with Crippen molar-refractivity contribution in [1.82, 2.24) is 4.90 Å². The summed E-state index contributed by atoms with van der Waals surface area (Å²) in [5.41, 5.74) is 4.04. The predicted octanol–water partition coefficient (Wildman–Crippen LogP) is 5.25. The lowest BCUT2D eigenvalue weighted by Gasteiger charge is -2.20. The molecule has 0 aromatic rings. The lowest BCUT2D eigenvalue weighted by atomic mass is 10.0. The van der Waals surface area contributed by atoms with Crippen molar-refractivity contribution in [3.05, 3.63) is 95.1 Å². The van der Waals surface area contributed by atoms with E-state index < -0.39 is 11.9 Å². The van der Waals surface area contributed by atoms with E-state index >= 15 is 0 Å². The van der Waals surface area contributed by atoms with E-state index in [9.17, 15) is 19.2 Å². The molecule has 0 fully saturated rings. The zero-order chi connectivity index (χ0) is 27.2. The molecular formula is C31H29NO6. The van der Waals surface area contributed by atoms with Crippen LogP contribution in [-0.4, -0.2) is 62.3 Å². The van der Waals surface area contributed by atoms with E-state index in [-0.39, 0.29) is 24.7 Å². The van der Waals surface area contributed by atoms with Crippen LogP contribution in [0.25, 0.3) is 22.3 Å². The van der Waals surface area contributed by atoms with E-state index in [1.54, 1.807) is 53.4 Å². The summed E-state index contributed by atoms with van der Waals surface area (Å²) in [7, 11) is 2.61. The van der Waals surface area contributed by atoms with E-state index in [2.05, 4.69) is 0 Å². The highest BCUT2D eigenvalue weighted by Crippen LogP contribution is 2.34. The van der Waals surface area contributed by atoms with Crippen LogP contribution in [0.1, 0.15) is 54.8 Å². The molecule has 7 heteroatoms. The smallest absolute Gasteiger partial charge is 0.338 e. The van der Waals surface area contributed by atoms with Crippen LogP contribution in [0, 0.1) is 0 Å². The van der Waals surface area contributed by atoms with Crippen LogP contribution >= 0.6 is 0 Å². The molecule has 7 nitrogen and oxygen atoms in total. The largest absolute Gasteiger partial charge is 0.465 e. The van der Waals surface area contributed by atoms with Crippen molar-refractivity contribution in [3.63, 3.8) is 0 Å². The maximum Gasteiger partial charge on any atom is 0.338 e. The average Bonchev–Trinajstić information content (AvgIpc) is 3.22. The zero-order valence-corrected chi connectivity index (χ0v) is 21.7. The second-order valence-electron chi connectivity index (χ2n) is 8.96. The van der Waals surface area contributed by atoms with Crippen LogP contribution < -0.4 is 0 Å². The number of carbonyl (C=O) groups excluding carboxylic acids is 4. The maximum absolute atomic E-state index is 13.5. The van der Waals surface area contributed by atoms with E-state index in [1.165, 1.54) is 14.2 Å². The van der Waals surface area contributed by atoms with Crippen LogP contribution in [0.15, 0.2) is 72.8 Å². The highest BCUT2D eigenvalue weighted by atomic mass is 16.5. The standard InChI is InChI=1S/C31H29NO6/c1-4-15-32(18-28(33)24-16-26(30(35)37-2)22-13-9-5-7-11-20(22)24)19-29(34)25-17-27(31(36)38-3)23-14-10-6-8-12-21(23)25/h5-14,16-17H,4,15,18-19H2,1-3H3. The fraction of sp³-hybridized carbons (Fsp3) is 0.226. The number of methoxy groups -OCH3 is 2. The molecule has 4 aliphatic rings. The summed E-state index contributed by atoms with van der Waals surface area (Å²) in [4.78, 5) is 53.6. The Morgan fingerprint density at radius 3 is 1.32 bits per heavy atom. The monoisotopic (exact) mass is 511 g/mol. The molecule has 0 atom stereocenters. The fourth-order valence-corrected chi connectivity index (χ4v) is 4.76. The molecule has 0 aromatic heterocycles. The molecule has 4 rings (SSSR count). The molecule has 0 amide bonds. The Labute approximate surface area is 221 Å². The summed E-state index contributed by atoms with van der Waals surface area (Å²) >= 11 is 0. The number of carbonyl (C=O) groups is 4. The Hall–Kier alpha value is -4.36. The first-order chi connectivity index (χ1) is 18.4. The third-order valence-corrected chi connectivity index (χ3v) is 6.50. The van der Waals surface area contributed by atoms with E-state index in [0.29, 0.717) is 51.1 Å². The van der Waals surface area contributed by atoms with E-state index in [1.807, 2.05) is 31.2 Å². The van der Waals surface area contributed by atoms with Crippen LogP contribution in [0.2, 0.25) is 0 Å². The van der Waals surface area contributed by atoms with Crippen molar-refractivity contribution in [1.29, 1.82) is 0 Å². The van der Waals surface area contributed by atoms with Gasteiger partial charge in [-0.3, -0.25) is 14.5 Å². The van der Waals surface area contributed by atoms with Gasteiger partial charge in [-0.1, -0.05) is 67.6 Å². The van der Waals surface area contributed by atoms with Crippen molar-refractivity contribution < 1.29 is 28.7 Å². The molecule has 0 saturated heterocycles. The van der Waals surface area contributed by atoms with Crippen molar-refractivity contribution in [2.24, 2.45) is 0 Å². The molecule has 0 N–H and O–H groups in total. The minimum absolute atomic E-state index is 0.00576. The van der Waals surface area contributed by atoms with Crippen molar-refractivity contribution in [3.8, 4) is 22.3 Å². The van der Waals surface area contributed by atoms with Gasteiger partial charge in [0.2, 0.25) is 0 Å². The van der Waals surface area contributed by atoms with Gasteiger partial charge in [-0.25, -0.2) is 9.59 Å². The predicted molar refractivity (Wildman–Crippen MR) is 144 cm³/mol. The SMILES string of the molecule is CCCN(CC(=O)c1cc(C(=O)OC)c2cccccc1-2)CC(=O)c1cc(C(=O)OC)c2cccccc1-2. The number of rotatable bonds is 10. The van der Waals surface area contributed by atoms with Gasteiger partial charge in [0, 0.05) is 11.1 Å². The lowest BCUT2D eigenvalue weighted by molar-refractivity contribution is 0.0593. The zero-order valence-electron chi connectivity index (χ0n) is 21.7. The van der Waals surface area contributed by atoms with Crippen LogP contribution in [0.5, 0.6) is 0 Å². The number of ether oxygens (including phenoxy) is 2. The summed E-state index contributed by atoms with van der Waals surface area (Å²) in [5.74, 6) is -1.43. The summed E-state index contributed by atoms with van der Waals surface area (Å²) in [6.45, 7) is 2.48. The third-order valence-electron chi connectivity index (χ3n) is 6.50. The van der Waals surface area contributed by atoms with Crippen molar-refractivity contribution in [2.75, 3.05) is 33.9 Å². The lowest BCUT2D eigenvalue weighted by Crippen LogP contribution is -2.35. The number of nitrogens with zero attached hydrogens (tertiary/aromatic N) is 1. The van der Waals surface area contributed by atoms with E-state index in [0.717, 1.165) is 6.42 Å². The Bertz CT molecular complexity index is 1340. The van der Waals surface area contributed by atoms with Crippen LogP contribution in [-0.2, 0) is 9.47 Å². The number of hydrogen-bond donors (Lipinski definition) is 0. The maximum atomic E-state index is 13.5. The molecule has 0 bridgehead atoms. The minimum atomic E-state index is -0.515. The Morgan fingerprint density at radius 1 is 0.605 bits per heavy atom. The molecule has 38 heavy (non-hydrogen) atoms. The second-order valence-corrected chi connectivity index (χ2v) is 8.96. The first-order valence-electron chi connectivity index (χ1n) is 12.4. The van der Waals surface area contributed by atoms with Gasteiger partial charge >= 0.3 is 11.9 Å². The van der Waals surface area contributed by atoms with Gasteiger partial charge in [-0.2, -0.15) is 0 Å². The molecule has 194 valence electrons. The summed E-state index contributed by atoms with van der Waals surface area (Å²) in [5, 5.41) is 0. The van der Waals surface area contributed by atoms with Crippen molar-refractivity contribution in [2.45, 2.75) is 13.3 Å². The molecule has 0 heterocycles. The number of fused-ring (bicyclic) bond motifs is 2. The quantitative estimate of drug-likeness (QED) is 0.212. The molecule has 0 saturated carbocycles. The molecule has 0 aromatic carbocycles. The first kappa shape index (κ1) is 26.7. The Balaban J connectivity index is 1.62. The number of hydrogen-bond acceptors (Lipinski definition) is 7. The molecule has 0 unspecified atom stereocenters.